The Morgan fingerprint density at radius 2 is 0.824 bits per heavy atom. The molecule has 15 heterocycles. The van der Waals surface area contributed by atoms with Crippen molar-refractivity contribution < 1.29 is 196 Å². The van der Waals surface area contributed by atoms with Crippen molar-refractivity contribution in [2.75, 3.05) is 47.7 Å². The Balaban J connectivity index is 0.000000167. The quantitative estimate of drug-likeness (QED) is 0.0143. The third kappa shape index (κ3) is 25.1. The number of H-pyrrole nitrogens is 4. The Morgan fingerprint density at radius 3 is 1.13 bits per heavy atom. The molecule has 3 amide bonds. The summed E-state index contributed by atoms with van der Waals surface area (Å²) in [5, 5.41) is 22.8. The summed E-state index contributed by atoms with van der Waals surface area (Å²) in [6.07, 6.45) is -14.0. The molecule has 78 heteroatoms. The molecule has 131 heavy (non-hydrogen) atoms. The zero-order chi connectivity index (χ0) is 95.9. The number of ether oxygens (including phenoxy) is 9. The van der Waals surface area contributed by atoms with Crippen molar-refractivity contribution in [3.63, 3.8) is 0 Å². The van der Waals surface area contributed by atoms with E-state index < -0.39 is 200 Å². The van der Waals surface area contributed by atoms with Gasteiger partial charge in [-0.1, -0.05) is 57.4 Å². The summed E-state index contributed by atoms with van der Waals surface area (Å²) in [4.78, 5) is 200. The lowest BCUT2D eigenvalue weighted by molar-refractivity contribution is -0.254. The van der Waals surface area contributed by atoms with Gasteiger partial charge in [0, 0.05) is 49.2 Å². The number of hydrogen-bond donors (Lipinski definition) is 13. The maximum absolute atomic E-state index is 13.1. The maximum atomic E-state index is 13.1. The number of carbonyl (C=O) groups excluding carboxylic acids is 3. The molecule has 0 saturated carbocycles. The van der Waals surface area contributed by atoms with Gasteiger partial charge < -0.3 is 163 Å². The van der Waals surface area contributed by atoms with E-state index in [1.54, 1.807) is 37.1 Å². The molecule has 9 aromatic rings. The Labute approximate surface area is 742 Å². The normalized spacial score (nSPS) is 27.7. The summed E-state index contributed by atoms with van der Waals surface area (Å²) in [5.41, 5.74) is 20.5. The van der Waals surface area contributed by atoms with Crippen LogP contribution in [-0.4, -0.2) is 214 Å². The highest BCUT2D eigenvalue weighted by Gasteiger charge is 2.59. The molecule has 0 aliphatic carbocycles. The van der Waals surface area contributed by atoms with Crippen LogP contribution in [0.2, 0.25) is 0 Å². The summed E-state index contributed by atoms with van der Waals surface area (Å²) in [6.45, 7) is 4.67. The van der Waals surface area contributed by atoms with Crippen LogP contribution in [0.1, 0.15) is 56.5 Å². The molecule has 0 spiro atoms. The van der Waals surface area contributed by atoms with Crippen molar-refractivity contribution in [1.82, 2.24) is 93.6 Å². The summed E-state index contributed by atoms with van der Waals surface area (Å²) in [5.74, 6) is -2.14. The second-order valence-electron chi connectivity index (χ2n) is 28.5. The third-order valence-electron chi connectivity index (χ3n) is 18.0. The monoisotopic (exact) mass is 2080 g/mol. The molecule has 24 atom stereocenters. The van der Waals surface area contributed by atoms with E-state index >= 15 is 0 Å². The van der Waals surface area contributed by atoms with Crippen LogP contribution < -0.4 is 77.2 Å². The lowest BCUT2D eigenvalue weighted by Gasteiger charge is -2.33. The van der Waals surface area contributed by atoms with Crippen LogP contribution in [0, 0.1) is 20.8 Å². The number of phosphoric acid groups is 9. The van der Waals surface area contributed by atoms with Gasteiger partial charge in [0.25, 0.3) is 88.1 Å². The topological polar surface area (TPSA) is 957 Å². The van der Waals surface area contributed by atoms with E-state index in [1.807, 2.05) is 27.7 Å². The lowest BCUT2D eigenvalue weighted by Crippen LogP contribution is -2.37. The van der Waals surface area contributed by atoms with Crippen LogP contribution in [0.4, 0.5) is 29.5 Å². The molecule has 0 radical (unpaired) electrons. The number of aromatic amines is 4. The second-order valence-corrected chi connectivity index (χ2v) is 42.5. The highest BCUT2D eigenvalue weighted by molar-refractivity contribution is 7.72. The summed E-state index contributed by atoms with van der Waals surface area (Å²) in [7, 11) is -50.5. The number of anilines is 5. The first-order chi connectivity index (χ1) is 60.6. The Hall–Kier alpha value is -7.38. The summed E-state index contributed by atoms with van der Waals surface area (Å²) in [6, 6.07) is 4.87. The van der Waals surface area contributed by atoms with Crippen molar-refractivity contribution in [3.8, 4) is 0 Å². The predicted molar refractivity (Wildman–Crippen MR) is 411 cm³/mol. The highest BCUT2D eigenvalue weighted by atomic mass is 32.1. The maximum Gasteiger partial charge on any atom is 0.282 e. The largest absolute Gasteiger partial charge is 0.756 e. The number of phosphoric ester groups is 3. The number of nitrogen functional groups attached to an aromatic ring is 3. The first kappa shape index (κ1) is 101. The minimum Gasteiger partial charge on any atom is -0.756 e. The van der Waals surface area contributed by atoms with E-state index in [-0.39, 0.29) is 88.9 Å². The van der Waals surface area contributed by atoms with Crippen LogP contribution in [0.3, 0.4) is 0 Å². The van der Waals surface area contributed by atoms with Crippen LogP contribution in [0.15, 0.2) is 43.4 Å². The molecule has 720 valence electrons. The average Bonchev–Trinajstić information content (AvgIpc) is 1.60. The molecule has 0 aromatic carbocycles. The van der Waals surface area contributed by atoms with Crippen LogP contribution in [-0.2, 0) is 164 Å². The van der Waals surface area contributed by atoms with Gasteiger partial charge in [-0.2, -0.15) is 15.3 Å². The standard InChI is InChI=1S/C19H27N8O14P3S.C18H25N8O14P3S.C16H21N8O14P3S/c1-19(2,3)8-4-9(26-25-8)22-14(28)17-38-11-7(5-36-43(32,33)41-44(34,35)40-42(29,30)31)37-16(12(11)39-17)27-6-21-10-13(27)23-18(20)24-15(10)45;1-7-3-8(24-25(7)2)4-20-14(27)17-37-11-9(5-35-42(31,32)40-43(33,34)39-41(28,29)30)36-16(12(11)38-17)26-6-21-10-13(26)22-18(19)23-15(10)44;1-23-3-2-7(22-23)19-12(25)15-35-9-6(4-33-40(29,30)38-41(31,32)37-39(26,27)28)34-14(10(9)36-15)24-5-18-8-11(24)20-16(17)21-13(8)42/h4,6-7,11-12,16-17H,5H2,1-3H3,(H,32,33)(H,34,35)(H2,29,30,31)(H3,20,23,24,45)(H2,22,25,26,28);3,6,9,11-12,16-17H,4-5H2,1-2H3,(H,20,27)(H,31,32)(H,33,34)(H2,28,29,30)(H3,19,22,23,44);2-3,5-6,9-10,14-15H,4H2,1H3,(H,29,30)(H,31,32)(H,19,22,25)(H2,26,27,28)(H3,17,20,21,42)/p-9. The van der Waals surface area contributed by atoms with Gasteiger partial charge in [-0.25, -0.2) is 55.8 Å². The van der Waals surface area contributed by atoms with Gasteiger partial charge in [-0.05, 0) is 13.0 Å². The number of carbonyl (C=O) groups is 3. The van der Waals surface area contributed by atoms with Crippen LogP contribution in [0.25, 0.3) is 33.5 Å². The number of hydrogen-bond acceptors (Lipinski definition) is 54. The van der Waals surface area contributed by atoms with E-state index in [1.165, 1.54) is 43.4 Å². The highest BCUT2D eigenvalue weighted by Crippen LogP contribution is 2.64. The van der Waals surface area contributed by atoms with E-state index in [4.69, 9.17) is 111 Å². The number of aryl methyl sites for hydroxylation is 3. The van der Waals surface area contributed by atoms with Crippen molar-refractivity contribution in [2.24, 2.45) is 14.1 Å². The zero-order valence-corrected chi connectivity index (χ0v) is 76.5. The fourth-order valence-electron chi connectivity index (χ4n) is 12.8. The van der Waals surface area contributed by atoms with Gasteiger partial charge in [0.1, 0.15) is 88.4 Å². The second kappa shape index (κ2) is 38.3. The molecular weight excluding hydrogens is 2020 g/mol. The summed E-state index contributed by atoms with van der Waals surface area (Å²) >= 11 is 15.5. The molecule has 15 rings (SSSR count). The molecule has 6 fully saturated rings. The predicted octanol–water partition coefficient (Wildman–Crippen LogP) is -5.03. The van der Waals surface area contributed by atoms with Crippen molar-refractivity contribution in [2.45, 2.75) is 132 Å². The lowest BCUT2D eigenvalue weighted by atomic mass is 9.92. The van der Waals surface area contributed by atoms with Crippen molar-refractivity contribution in [1.29, 1.82) is 0 Å². The Morgan fingerprint density at radius 1 is 0.489 bits per heavy atom. The van der Waals surface area contributed by atoms with Gasteiger partial charge in [-0.3, -0.25) is 83.6 Å². The fourth-order valence-corrected chi connectivity index (χ4v) is 22.3. The van der Waals surface area contributed by atoms with E-state index in [9.17, 15) is 99.5 Å². The minimum atomic E-state index is -6.15. The number of nitrogens with zero attached hydrogens (tertiary/aromatic N) is 14. The zero-order valence-electron chi connectivity index (χ0n) is 66.0. The SMILES string of the molecule is CC(C)(C)c1cc(NC(=O)C2OC3C(COP(=O)([O-])OP(=O)([O-])OP(=O)([O-])O)OC(n4cnc5c(=S)nc(N)[nH]c54)C3O2)n[nH]1.Cc1cc(CNC(=O)C2OC3C(COP(=O)([O-])OP(=O)([O-])OP(=O)([O-])O)OC(n4cnc5c(=S)nc(N)[nH]c54)C3O2)nn1C.Cn1ccc(NC(=O)C2OC3C(COP(=O)([O-])OP(=O)([O-])OP(=O)([O-])O)OC(n4cnc5c(=S)nc(N)[nH]c54)C3O2)n1. The number of imidazole rings is 3. The van der Waals surface area contributed by atoms with Crippen molar-refractivity contribution >= 4 is 188 Å². The molecule has 6 aliphatic rings. The molecule has 6 saturated heterocycles. The van der Waals surface area contributed by atoms with E-state index in [0.717, 1.165) is 11.4 Å². The van der Waals surface area contributed by atoms with Crippen LogP contribution >= 0.6 is 107 Å². The number of nitrogens with two attached hydrogens (primary N) is 3. The molecule has 24 unspecified atom stereocenters. The average molecular weight is 2080 g/mol. The Bertz CT molecular complexity index is 6530. The summed E-state index contributed by atoms with van der Waals surface area (Å²) < 4.78 is 197. The molecule has 16 N–H and O–H groups in total. The number of aromatic nitrogens is 18. The Kier molecular flexibility index (Phi) is 29.5. The van der Waals surface area contributed by atoms with E-state index in [0.29, 0.717) is 5.69 Å². The number of fused-ring (bicyclic) bond motifs is 6. The number of rotatable bonds is 31. The van der Waals surface area contributed by atoms with Gasteiger partial charge in [-0.15, -0.1) is 0 Å². The van der Waals surface area contributed by atoms with Gasteiger partial charge >= 0.3 is 0 Å². The fraction of sp³-hybridized carbons (Fsp3) is 0.491. The first-order valence-corrected chi connectivity index (χ1v) is 50.3. The van der Waals surface area contributed by atoms with Gasteiger partial charge in [0.2, 0.25) is 18.9 Å². The van der Waals surface area contributed by atoms with Crippen LogP contribution in [0.5, 0.6) is 0 Å². The first-order valence-electron chi connectivity index (χ1n) is 35.8. The minimum absolute atomic E-state index is 0.0265. The third-order valence-corrected chi connectivity index (χ3v) is 29.9. The molecule has 66 nitrogen and oxygen atoms in total. The number of amides is 3. The molecule has 6 aliphatic heterocycles. The molecule has 0 bridgehead atoms. The smallest absolute Gasteiger partial charge is 0.282 e. The number of nitrogens with one attached hydrogen (secondary N) is 7. The van der Waals surface area contributed by atoms with E-state index in [2.05, 4.69) is 121 Å². The van der Waals surface area contributed by atoms with Gasteiger partial charge in [0.05, 0.1) is 51.0 Å². The van der Waals surface area contributed by atoms with Crippen molar-refractivity contribution in [3.05, 3.63) is 74.4 Å². The molecule has 9 aromatic heterocycles. The van der Waals surface area contributed by atoms with Gasteiger partial charge in [0.15, 0.2) is 62.1 Å². The molecular formula is C53H64N24O42P9S3-9.